The monoisotopic (exact) mass is 298 g/mol. The Morgan fingerprint density at radius 3 is 1.74 bits per heavy atom. The predicted octanol–water partition coefficient (Wildman–Crippen LogP) is 4.52. The summed E-state index contributed by atoms with van der Waals surface area (Å²) in [5.41, 5.74) is 3.63. The third-order valence-corrected chi connectivity index (χ3v) is 4.22. The van der Waals surface area contributed by atoms with E-state index >= 15 is 0 Å². The lowest BCUT2D eigenvalue weighted by molar-refractivity contribution is 0.572. The van der Waals surface area contributed by atoms with Crippen LogP contribution < -0.4 is 5.32 Å². The van der Waals surface area contributed by atoms with Gasteiger partial charge in [-0.3, -0.25) is 4.99 Å². The smallest absolute Gasteiger partial charge is 0.129 e. The van der Waals surface area contributed by atoms with Gasteiger partial charge in [0.25, 0.3) is 0 Å². The molecule has 0 radical (unpaired) electrons. The third-order valence-electron chi connectivity index (χ3n) is 4.22. The van der Waals surface area contributed by atoms with Gasteiger partial charge in [-0.05, 0) is 11.1 Å². The number of hydrogen-bond acceptors (Lipinski definition) is 2. The quantitative estimate of drug-likeness (QED) is 0.755. The number of hydrogen-bond donors (Lipinski definition) is 1. The topological polar surface area (TPSA) is 24.4 Å². The number of rotatable bonds is 3. The SMILES string of the molecule is c1ccc(C2=N[C@H](c3ccccc3)[C@@H](c3ccccc3)N2)cc1. The van der Waals surface area contributed by atoms with E-state index in [9.17, 15) is 0 Å². The Hall–Kier alpha value is -2.87. The molecule has 1 aliphatic heterocycles. The molecule has 4 rings (SSSR count). The van der Waals surface area contributed by atoms with E-state index in [0.717, 1.165) is 11.4 Å². The van der Waals surface area contributed by atoms with E-state index in [1.54, 1.807) is 0 Å². The largest absolute Gasteiger partial charge is 0.361 e. The second kappa shape index (κ2) is 6.09. The first kappa shape index (κ1) is 13.8. The van der Waals surface area contributed by atoms with E-state index in [0.29, 0.717) is 0 Å². The molecule has 0 saturated carbocycles. The second-order valence-electron chi connectivity index (χ2n) is 5.73. The molecule has 0 saturated heterocycles. The van der Waals surface area contributed by atoms with Crippen LogP contribution in [0.4, 0.5) is 0 Å². The minimum atomic E-state index is 0.0915. The van der Waals surface area contributed by atoms with Gasteiger partial charge in [0.1, 0.15) is 11.9 Å². The van der Waals surface area contributed by atoms with Crippen molar-refractivity contribution in [2.45, 2.75) is 12.1 Å². The van der Waals surface area contributed by atoms with Crippen LogP contribution in [0.3, 0.4) is 0 Å². The van der Waals surface area contributed by atoms with Gasteiger partial charge in [-0.2, -0.15) is 0 Å². The molecule has 2 atom stereocenters. The molecule has 0 amide bonds. The van der Waals surface area contributed by atoms with E-state index in [4.69, 9.17) is 4.99 Å². The lowest BCUT2D eigenvalue weighted by Crippen LogP contribution is -2.24. The molecule has 0 aliphatic carbocycles. The fourth-order valence-corrected chi connectivity index (χ4v) is 3.07. The first-order chi connectivity index (χ1) is 11.4. The van der Waals surface area contributed by atoms with Crippen molar-refractivity contribution in [2.24, 2.45) is 4.99 Å². The second-order valence-corrected chi connectivity index (χ2v) is 5.73. The molecule has 1 N–H and O–H groups in total. The minimum absolute atomic E-state index is 0.0915. The molecule has 1 aliphatic rings. The summed E-state index contributed by atoms with van der Waals surface area (Å²) in [5.74, 6) is 0.966. The summed E-state index contributed by atoms with van der Waals surface area (Å²) in [5, 5.41) is 3.62. The Morgan fingerprint density at radius 1 is 0.609 bits per heavy atom. The Kier molecular flexibility index (Phi) is 3.65. The van der Waals surface area contributed by atoms with E-state index < -0.39 is 0 Å². The van der Waals surface area contributed by atoms with Crippen molar-refractivity contribution >= 4 is 5.84 Å². The predicted molar refractivity (Wildman–Crippen MR) is 94.5 cm³/mol. The van der Waals surface area contributed by atoms with E-state index in [1.807, 2.05) is 24.3 Å². The highest BCUT2D eigenvalue weighted by atomic mass is 15.1. The Morgan fingerprint density at radius 2 is 1.13 bits per heavy atom. The first-order valence-electron chi connectivity index (χ1n) is 7.91. The normalized spacial score (nSPS) is 19.9. The summed E-state index contributed by atoms with van der Waals surface area (Å²) in [6.45, 7) is 0. The van der Waals surface area contributed by atoms with Crippen LogP contribution in [0.15, 0.2) is 96.0 Å². The number of benzene rings is 3. The van der Waals surface area contributed by atoms with Gasteiger partial charge in [0.2, 0.25) is 0 Å². The average molecular weight is 298 g/mol. The standard InChI is InChI=1S/C21H18N2/c1-4-10-16(11-5-1)19-20(17-12-6-2-7-13-17)23-21(22-19)18-14-8-3-9-15-18/h1-15,19-20H,(H,22,23)/t19-,20-/m1/s1. The molecular formula is C21H18N2. The van der Waals surface area contributed by atoms with Gasteiger partial charge in [0.05, 0.1) is 6.04 Å². The van der Waals surface area contributed by atoms with Crippen LogP contribution >= 0.6 is 0 Å². The van der Waals surface area contributed by atoms with Gasteiger partial charge < -0.3 is 5.32 Å². The summed E-state index contributed by atoms with van der Waals surface area (Å²) < 4.78 is 0. The zero-order valence-corrected chi connectivity index (χ0v) is 12.8. The average Bonchev–Trinajstić information content (AvgIpc) is 3.09. The van der Waals surface area contributed by atoms with E-state index in [1.165, 1.54) is 11.1 Å². The van der Waals surface area contributed by atoms with Crippen molar-refractivity contribution < 1.29 is 0 Å². The zero-order valence-electron chi connectivity index (χ0n) is 12.8. The Bertz CT molecular complexity index is 795. The summed E-state index contributed by atoms with van der Waals surface area (Å²) >= 11 is 0. The number of nitrogens with zero attached hydrogens (tertiary/aromatic N) is 1. The molecule has 2 nitrogen and oxygen atoms in total. The molecule has 23 heavy (non-hydrogen) atoms. The molecule has 2 heteroatoms. The van der Waals surface area contributed by atoms with E-state index in [2.05, 4.69) is 72.0 Å². The Balaban J connectivity index is 1.75. The first-order valence-corrected chi connectivity index (χ1v) is 7.91. The van der Waals surface area contributed by atoms with Crippen LogP contribution in [-0.2, 0) is 0 Å². The fourth-order valence-electron chi connectivity index (χ4n) is 3.07. The maximum atomic E-state index is 4.99. The van der Waals surface area contributed by atoms with Crippen LogP contribution in [-0.4, -0.2) is 5.84 Å². The van der Waals surface area contributed by atoms with Crippen LogP contribution in [0.2, 0.25) is 0 Å². The highest BCUT2D eigenvalue weighted by molar-refractivity contribution is 6.00. The van der Waals surface area contributed by atoms with Crippen molar-refractivity contribution in [3.63, 3.8) is 0 Å². The summed E-state index contributed by atoms with van der Waals surface area (Å²) in [6.07, 6.45) is 0. The van der Waals surface area contributed by atoms with Crippen LogP contribution in [0.5, 0.6) is 0 Å². The van der Waals surface area contributed by atoms with Gasteiger partial charge >= 0.3 is 0 Å². The van der Waals surface area contributed by atoms with Crippen molar-refractivity contribution in [1.29, 1.82) is 0 Å². The van der Waals surface area contributed by atoms with Gasteiger partial charge in [0.15, 0.2) is 0 Å². The van der Waals surface area contributed by atoms with Crippen molar-refractivity contribution in [1.82, 2.24) is 5.32 Å². The summed E-state index contributed by atoms with van der Waals surface area (Å²) in [6, 6.07) is 31.6. The van der Waals surface area contributed by atoms with Crippen molar-refractivity contribution in [3.8, 4) is 0 Å². The highest BCUT2D eigenvalue weighted by Gasteiger charge is 2.31. The molecule has 0 spiro atoms. The maximum Gasteiger partial charge on any atom is 0.129 e. The maximum absolute atomic E-state index is 4.99. The van der Waals surface area contributed by atoms with E-state index in [-0.39, 0.29) is 12.1 Å². The zero-order chi connectivity index (χ0) is 15.5. The molecule has 1 heterocycles. The molecule has 0 bridgehead atoms. The minimum Gasteiger partial charge on any atom is -0.361 e. The molecular weight excluding hydrogens is 280 g/mol. The number of aliphatic imine (C=N–C) groups is 1. The molecule has 112 valence electrons. The lowest BCUT2D eigenvalue weighted by Gasteiger charge is -2.19. The van der Waals surface area contributed by atoms with Crippen molar-refractivity contribution in [2.75, 3.05) is 0 Å². The van der Waals surface area contributed by atoms with Crippen LogP contribution in [0.1, 0.15) is 28.8 Å². The molecule has 0 aromatic heterocycles. The van der Waals surface area contributed by atoms with Crippen LogP contribution in [0, 0.1) is 0 Å². The van der Waals surface area contributed by atoms with Crippen LogP contribution in [0.25, 0.3) is 0 Å². The third kappa shape index (κ3) is 2.76. The molecule has 0 fully saturated rings. The molecule has 3 aromatic carbocycles. The highest BCUT2D eigenvalue weighted by Crippen LogP contribution is 2.36. The van der Waals surface area contributed by atoms with Gasteiger partial charge in [-0.1, -0.05) is 91.0 Å². The molecule has 3 aromatic rings. The lowest BCUT2D eigenvalue weighted by atomic mass is 9.95. The molecule has 0 unspecified atom stereocenters. The van der Waals surface area contributed by atoms with Gasteiger partial charge in [-0.25, -0.2) is 0 Å². The number of amidine groups is 1. The van der Waals surface area contributed by atoms with Gasteiger partial charge in [-0.15, -0.1) is 0 Å². The Labute approximate surface area is 136 Å². The fraction of sp³-hybridized carbons (Fsp3) is 0.0952. The summed E-state index contributed by atoms with van der Waals surface area (Å²) in [7, 11) is 0. The van der Waals surface area contributed by atoms with Crippen molar-refractivity contribution in [3.05, 3.63) is 108 Å². The number of nitrogens with one attached hydrogen (secondary N) is 1. The summed E-state index contributed by atoms with van der Waals surface area (Å²) in [4.78, 5) is 4.99. The van der Waals surface area contributed by atoms with Gasteiger partial charge in [0, 0.05) is 5.56 Å².